The molecular weight excluding hydrogens is 260 g/mol. The predicted molar refractivity (Wildman–Crippen MR) is 64.5 cm³/mol. The van der Waals surface area contributed by atoms with Crippen molar-refractivity contribution < 1.29 is 5.11 Å². The molecule has 1 nitrogen and oxygen atoms in total. The molecule has 1 aromatic rings. The Labute approximate surface area is 96.6 Å². The van der Waals surface area contributed by atoms with Crippen molar-refractivity contribution in [1.82, 2.24) is 0 Å². The van der Waals surface area contributed by atoms with E-state index < -0.39 is 0 Å². The molecule has 0 saturated carbocycles. The standard InChI is InChI=1S/C11H13BrOS/c12-11-7-14-6-10(11)8-3-1-2-4-9(13)5-8/h5-7,9,13H,1-4H2. The summed E-state index contributed by atoms with van der Waals surface area (Å²) < 4.78 is 1.16. The zero-order valence-corrected chi connectivity index (χ0v) is 10.3. The molecule has 0 aliphatic heterocycles. The molecule has 1 heterocycles. The lowest BCUT2D eigenvalue weighted by Gasteiger charge is -2.04. The van der Waals surface area contributed by atoms with E-state index in [2.05, 4.69) is 26.7 Å². The molecule has 0 aromatic carbocycles. The molecule has 0 fully saturated rings. The molecule has 3 heteroatoms. The van der Waals surface area contributed by atoms with Gasteiger partial charge < -0.3 is 5.11 Å². The SMILES string of the molecule is OC1C=C(c2cscc2Br)CCCC1. The normalized spacial score (nSPS) is 23.0. The lowest BCUT2D eigenvalue weighted by atomic mass is 10.0. The quantitative estimate of drug-likeness (QED) is 0.824. The van der Waals surface area contributed by atoms with Crippen LogP contribution in [-0.2, 0) is 0 Å². The fraction of sp³-hybridized carbons (Fsp3) is 0.455. The van der Waals surface area contributed by atoms with Gasteiger partial charge in [-0.05, 0) is 46.1 Å². The van der Waals surface area contributed by atoms with E-state index in [9.17, 15) is 5.11 Å². The third-order valence-corrected chi connectivity index (χ3v) is 4.25. The van der Waals surface area contributed by atoms with Crippen LogP contribution in [0.1, 0.15) is 31.2 Å². The largest absolute Gasteiger partial charge is 0.389 e. The maximum Gasteiger partial charge on any atom is 0.0726 e. The van der Waals surface area contributed by atoms with Gasteiger partial charge in [0.25, 0.3) is 0 Å². The summed E-state index contributed by atoms with van der Waals surface area (Å²) in [6.07, 6.45) is 6.07. The smallest absolute Gasteiger partial charge is 0.0726 e. The molecular formula is C11H13BrOS. The van der Waals surface area contributed by atoms with E-state index in [-0.39, 0.29) is 6.10 Å². The van der Waals surface area contributed by atoms with Crippen LogP contribution in [0.4, 0.5) is 0 Å². The molecule has 1 aliphatic rings. The first-order valence-corrected chi connectivity index (χ1v) is 6.62. The summed E-state index contributed by atoms with van der Waals surface area (Å²) in [4.78, 5) is 0. The van der Waals surface area contributed by atoms with Crippen LogP contribution in [0.25, 0.3) is 5.57 Å². The van der Waals surface area contributed by atoms with Gasteiger partial charge in [-0.3, -0.25) is 0 Å². The average Bonchev–Trinajstić information content (AvgIpc) is 2.45. The molecule has 0 amide bonds. The van der Waals surface area contributed by atoms with Crippen LogP contribution in [0.15, 0.2) is 21.3 Å². The fourth-order valence-corrected chi connectivity index (χ4v) is 3.38. The summed E-state index contributed by atoms with van der Waals surface area (Å²) in [6, 6.07) is 0. The van der Waals surface area contributed by atoms with E-state index in [0.29, 0.717) is 0 Å². The van der Waals surface area contributed by atoms with Gasteiger partial charge in [-0.2, -0.15) is 11.3 Å². The Bertz CT molecular complexity index is 343. The number of aliphatic hydroxyl groups is 1. The number of aliphatic hydroxyl groups excluding tert-OH is 1. The maximum absolute atomic E-state index is 9.66. The van der Waals surface area contributed by atoms with Crippen LogP contribution < -0.4 is 0 Å². The molecule has 1 N–H and O–H groups in total. The third kappa shape index (κ3) is 2.27. The zero-order valence-electron chi connectivity index (χ0n) is 7.87. The van der Waals surface area contributed by atoms with Crippen molar-refractivity contribution in [3.05, 3.63) is 26.9 Å². The monoisotopic (exact) mass is 272 g/mol. The maximum atomic E-state index is 9.66. The van der Waals surface area contributed by atoms with E-state index >= 15 is 0 Å². The number of rotatable bonds is 1. The minimum atomic E-state index is -0.251. The van der Waals surface area contributed by atoms with E-state index in [1.165, 1.54) is 17.6 Å². The minimum Gasteiger partial charge on any atom is -0.389 e. The number of halogens is 1. The third-order valence-electron chi connectivity index (χ3n) is 2.55. The number of hydrogen-bond acceptors (Lipinski definition) is 2. The van der Waals surface area contributed by atoms with Crippen molar-refractivity contribution in [2.45, 2.75) is 31.8 Å². The average molecular weight is 273 g/mol. The molecule has 1 atom stereocenters. The minimum absolute atomic E-state index is 0.251. The van der Waals surface area contributed by atoms with Crippen molar-refractivity contribution in [2.24, 2.45) is 0 Å². The molecule has 1 unspecified atom stereocenters. The molecule has 76 valence electrons. The first-order valence-electron chi connectivity index (χ1n) is 4.88. The highest BCUT2D eigenvalue weighted by molar-refractivity contribution is 9.10. The summed E-state index contributed by atoms with van der Waals surface area (Å²) >= 11 is 5.23. The Kier molecular flexibility index (Phi) is 3.42. The molecule has 0 radical (unpaired) electrons. The Morgan fingerprint density at radius 2 is 2.21 bits per heavy atom. The van der Waals surface area contributed by atoms with Crippen LogP contribution in [0.5, 0.6) is 0 Å². The van der Waals surface area contributed by atoms with Gasteiger partial charge in [0.15, 0.2) is 0 Å². The van der Waals surface area contributed by atoms with E-state index in [1.54, 1.807) is 11.3 Å². The van der Waals surface area contributed by atoms with Crippen molar-refractivity contribution >= 4 is 32.8 Å². The second-order valence-electron chi connectivity index (χ2n) is 3.64. The van der Waals surface area contributed by atoms with Gasteiger partial charge in [0.05, 0.1) is 6.10 Å². The number of hydrogen-bond donors (Lipinski definition) is 1. The van der Waals surface area contributed by atoms with Crippen molar-refractivity contribution in [2.75, 3.05) is 0 Å². The predicted octanol–water partition coefficient (Wildman–Crippen LogP) is 3.83. The van der Waals surface area contributed by atoms with Crippen molar-refractivity contribution in [1.29, 1.82) is 0 Å². The van der Waals surface area contributed by atoms with Gasteiger partial charge in [0.2, 0.25) is 0 Å². The van der Waals surface area contributed by atoms with E-state index in [4.69, 9.17) is 0 Å². The van der Waals surface area contributed by atoms with Gasteiger partial charge in [0, 0.05) is 15.4 Å². The molecule has 1 aliphatic carbocycles. The second kappa shape index (κ2) is 4.60. The first kappa shape index (κ1) is 10.4. The summed E-state index contributed by atoms with van der Waals surface area (Å²) in [7, 11) is 0. The van der Waals surface area contributed by atoms with Crippen LogP contribution in [0.2, 0.25) is 0 Å². The van der Waals surface area contributed by atoms with Crippen LogP contribution in [0, 0.1) is 0 Å². The summed E-state index contributed by atoms with van der Waals surface area (Å²) in [5, 5.41) is 13.9. The van der Waals surface area contributed by atoms with Gasteiger partial charge in [-0.25, -0.2) is 0 Å². The highest BCUT2D eigenvalue weighted by atomic mass is 79.9. The fourth-order valence-electron chi connectivity index (χ4n) is 1.80. The van der Waals surface area contributed by atoms with Crippen LogP contribution in [0.3, 0.4) is 0 Å². The Morgan fingerprint density at radius 3 is 2.93 bits per heavy atom. The number of allylic oxidation sites excluding steroid dienone is 1. The zero-order chi connectivity index (χ0) is 9.97. The second-order valence-corrected chi connectivity index (χ2v) is 5.24. The molecule has 14 heavy (non-hydrogen) atoms. The topological polar surface area (TPSA) is 20.2 Å². The van der Waals surface area contributed by atoms with Crippen LogP contribution in [-0.4, -0.2) is 11.2 Å². The highest BCUT2D eigenvalue weighted by Gasteiger charge is 2.13. The van der Waals surface area contributed by atoms with Crippen molar-refractivity contribution in [3.63, 3.8) is 0 Å². The molecule has 0 bridgehead atoms. The van der Waals surface area contributed by atoms with Crippen molar-refractivity contribution in [3.8, 4) is 0 Å². The summed E-state index contributed by atoms with van der Waals surface area (Å²) in [5.74, 6) is 0. The van der Waals surface area contributed by atoms with E-state index in [1.807, 2.05) is 6.08 Å². The van der Waals surface area contributed by atoms with Gasteiger partial charge in [-0.1, -0.05) is 12.5 Å². The molecule has 1 aromatic heterocycles. The summed E-state index contributed by atoms with van der Waals surface area (Å²) in [6.45, 7) is 0. The Balaban J connectivity index is 2.28. The summed E-state index contributed by atoms with van der Waals surface area (Å²) in [5.41, 5.74) is 2.55. The lowest BCUT2D eigenvalue weighted by molar-refractivity contribution is 0.211. The van der Waals surface area contributed by atoms with Gasteiger partial charge >= 0.3 is 0 Å². The first-order chi connectivity index (χ1) is 6.77. The lowest BCUT2D eigenvalue weighted by Crippen LogP contribution is -1.99. The number of thiophene rings is 1. The Morgan fingerprint density at radius 1 is 1.36 bits per heavy atom. The van der Waals surface area contributed by atoms with Crippen LogP contribution >= 0.6 is 27.3 Å². The molecule has 0 saturated heterocycles. The molecule has 2 rings (SSSR count). The highest BCUT2D eigenvalue weighted by Crippen LogP contribution is 2.33. The van der Waals surface area contributed by atoms with E-state index in [0.717, 1.165) is 23.7 Å². The molecule has 0 spiro atoms. The Hall–Kier alpha value is -0.120. The van der Waals surface area contributed by atoms with Gasteiger partial charge in [0.1, 0.15) is 0 Å². The van der Waals surface area contributed by atoms with Gasteiger partial charge in [-0.15, -0.1) is 0 Å².